The van der Waals surface area contributed by atoms with Crippen molar-refractivity contribution in [3.63, 3.8) is 0 Å². The van der Waals surface area contributed by atoms with Crippen LogP contribution in [0, 0.1) is 21.8 Å². The molecule has 0 unspecified atom stereocenters. The molecule has 1 saturated carbocycles. The topological polar surface area (TPSA) is 133 Å². The van der Waals surface area contributed by atoms with Crippen LogP contribution in [-0.2, 0) is 13.0 Å². The van der Waals surface area contributed by atoms with Gasteiger partial charge in [0.05, 0.1) is 4.92 Å². The van der Waals surface area contributed by atoms with Crippen LogP contribution in [0.15, 0.2) is 24.3 Å². The van der Waals surface area contributed by atoms with Gasteiger partial charge in [-0.15, -0.1) is 0 Å². The number of hydrogen-bond donors (Lipinski definition) is 3. The van der Waals surface area contributed by atoms with Crippen molar-refractivity contribution in [3.05, 3.63) is 51.5 Å². The summed E-state index contributed by atoms with van der Waals surface area (Å²) in [6, 6.07) is 6.33. The molecule has 1 heterocycles. The number of nitrogen functional groups attached to an aromatic ring is 1. The van der Waals surface area contributed by atoms with Gasteiger partial charge in [-0.2, -0.15) is 4.98 Å². The van der Waals surface area contributed by atoms with Crippen molar-refractivity contribution in [1.29, 1.82) is 0 Å². The minimum absolute atomic E-state index is 0.167. The molecule has 3 rings (SSSR count). The monoisotopic (exact) mass is 374 g/mol. The maximum absolute atomic E-state index is 13.3. The molecule has 0 radical (unpaired) electrons. The first-order chi connectivity index (χ1) is 12.9. The Kier molecular flexibility index (Phi) is 5.80. The van der Waals surface area contributed by atoms with E-state index in [1.165, 1.54) is 12.1 Å². The van der Waals surface area contributed by atoms with Crippen LogP contribution in [0.1, 0.15) is 36.9 Å². The van der Waals surface area contributed by atoms with E-state index in [0.29, 0.717) is 17.7 Å². The molecule has 0 amide bonds. The van der Waals surface area contributed by atoms with Gasteiger partial charge in [0, 0.05) is 12.6 Å². The third kappa shape index (κ3) is 4.88. The second-order valence-electron chi connectivity index (χ2n) is 6.95. The second-order valence-corrected chi connectivity index (χ2v) is 6.95. The highest BCUT2D eigenvalue weighted by molar-refractivity contribution is 5.58. The largest absolute Gasteiger partial charge is 0.378 e. The molecule has 0 bridgehead atoms. The van der Waals surface area contributed by atoms with Crippen molar-refractivity contribution in [2.45, 2.75) is 44.7 Å². The van der Waals surface area contributed by atoms with Gasteiger partial charge >= 0.3 is 5.69 Å². The van der Waals surface area contributed by atoms with Crippen LogP contribution in [0.5, 0.6) is 0 Å². The molecule has 0 aliphatic heterocycles. The summed E-state index contributed by atoms with van der Waals surface area (Å²) in [7, 11) is 0. The molecule has 2 aromatic rings. The number of nitrogens with two attached hydrogens (primary N) is 2. The van der Waals surface area contributed by atoms with Gasteiger partial charge in [-0.3, -0.25) is 10.1 Å². The first kappa shape index (κ1) is 19.0. The Morgan fingerprint density at radius 1 is 1.26 bits per heavy atom. The zero-order chi connectivity index (χ0) is 19.4. The average molecular weight is 374 g/mol. The molecule has 1 aromatic carbocycles. The summed E-state index contributed by atoms with van der Waals surface area (Å²) in [5, 5.41) is 14.4. The summed E-state index contributed by atoms with van der Waals surface area (Å²) < 4.78 is 13.3. The molecule has 0 saturated heterocycles. The normalized spacial score (nSPS) is 19.6. The lowest BCUT2D eigenvalue weighted by Gasteiger charge is -2.25. The van der Waals surface area contributed by atoms with E-state index in [4.69, 9.17) is 11.5 Å². The van der Waals surface area contributed by atoms with Crippen LogP contribution in [0.4, 0.5) is 21.8 Å². The number of rotatable bonds is 6. The van der Waals surface area contributed by atoms with Crippen LogP contribution in [0.25, 0.3) is 0 Å². The summed E-state index contributed by atoms with van der Waals surface area (Å²) in [6.07, 6.45) is 4.10. The fraction of sp³-hybridized carbons (Fsp3) is 0.444. The van der Waals surface area contributed by atoms with Crippen LogP contribution >= 0.6 is 0 Å². The molecule has 27 heavy (non-hydrogen) atoms. The fourth-order valence-electron chi connectivity index (χ4n) is 3.43. The van der Waals surface area contributed by atoms with Crippen molar-refractivity contribution >= 4 is 17.5 Å². The number of benzene rings is 1. The fourth-order valence-corrected chi connectivity index (χ4v) is 3.43. The molecule has 1 aliphatic carbocycles. The van der Waals surface area contributed by atoms with Gasteiger partial charge < -0.3 is 16.8 Å². The first-order valence-electron chi connectivity index (χ1n) is 8.97. The van der Waals surface area contributed by atoms with Crippen LogP contribution in [0.3, 0.4) is 0 Å². The number of aromatic nitrogens is 2. The van der Waals surface area contributed by atoms with Crippen LogP contribution < -0.4 is 16.8 Å². The Hall–Kier alpha value is -2.81. The molecule has 0 spiro atoms. The SMILES string of the molecule is Nc1nc(NCc2cccc(F)c2)nc(C[C@H]2CC[C@H](N)CC2)c1[N+](=O)[O-]. The minimum Gasteiger partial charge on any atom is -0.378 e. The Balaban J connectivity index is 1.79. The number of nitrogens with one attached hydrogen (secondary N) is 1. The minimum atomic E-state index is -0.532. The Labute approximate surface area is 156 Å². The average Bonchev–Trinajstić information content (AvgIpc) is 2.61. The molecule has 8 nitrogen and oxygen atoms in total. The van der Waals surface area contributed by atoms with Crippen LogP contribution in [0.2, 0.25) is 0 Å². The van der Waals surface area contributed by atoms with E-state index in [2.05, 4.69) is 15.3 Å². The highest BCUT2D eigenvalue weighted by atomic mass is 19.1. The van der Waals surface area contributed by atoms with Gasteiger partial charge in [0.1, 0.15) is 11.5 Å². The zero-order valence-corrected chi connectivity index (χ0v) is 14.9. The van der Waals surface area contributed by atoms with E-state index < -0.39 is 4.92 Å². The highest BCUT2D eigenvalue weighted by Crippen LogP contribution is 2.31. The Morgan fingerprint density at radius 2 is 2.00 bits per heavy atom. The lowest BCUT2D eigenvalue weighted by Crippen LogP contribution is -2.27. The van der Waals surface area contributed by atoms with Gasteiger partial charge in [-0.1, -0.05) is 12.1 Å². The molecule has 144 valence electrons. The summed E-state index contributed by atoms with van der Waals surface area (Å²) in [5.74, 6) is -0.0207. The molecule has 1 aromatic heterocycles. The molecule has 1 fully saturated rings. The van der Waals surface area contributed by atoms with E-state index in [9.17, 15) is 14.5 Å². The lowest BCUT2D eigenvalue weighted by atomic mass is 9.83. The van der Waals surface area contributed by atoms with E-state index in [1.54, 1.807) is 12.1 Å². The molecule has 9 heteroatoms. The highest BCUT2D eigenvalue weighted by Gasteiger charge is 2.27. The third-order valence-electron chi connectivity index (χ3n) is 4.88. The maximum atomic E-state index is 13.3. The second kappa shape index (κ2) is 8.26. The molecule has 0 atom stereocenters. The van der Waals surface area contributed by atoms with Gasteiger partial charge in [0.2, 0.25) is 11.8 Å². The quantitative estimate of drug-likeness (QED) is 0.523. The number of hydrogen-bond acceptors (Lipinski definition) is 7. The van der Waals surface area contributed by atoms with E-state index in [1.807, 2.05) is 0 Å². The predicted octanol–water partition coefficient (Wildman–Crippen LogP) is 2.78. The maximum Gasteiger partial charge on any atom is 0.332 e. The zero-order valence-electron chi connectivity index (χ0n) is 14.9. The third-order valence-corrected chi connectivity index (χ3v) is 4.88. The standard InChI is InChI=1S/C18H23FN6O2/c19-13-3-1-2-12(8-13)10-22-18-23-15(16(25(26)27)17(21)24-18)9-11-4-6-14(20)7-5-11/h1-3,8,11,14H,4-7,9-10,20H2,(H3,21,22,23,24)/t11-,14-. The van der Waals surface area contributed by atoms with E-state index in [-0.39, 0.29) is 41.8 Å². The summed E-state index contributed by atoms with van der Waals surface area (Å²) in [5.41, 5.74) is 12.6. The molecule has 1 aliphatic rings. The predicted molar refractivity (Wildman–Crippen MR) is 100 cm³/mol. The Bertz CT molecular complexity index is 823. The summed E-state index contributed by atoms with van der Waals surface area (Å²) in [6.45, 7) is 0.284. The summed E-state index contributed by atoms with van der Waals surface area (Å²) in [4.78, 5) is 19.2. The number of halogens is 1. The van der Waals surface area contributed by atoms with Crippen molar-refractivity contribution in [2.24, 2.45) is 11.7 Å². The lowest BCUT2D eigenvalue weighted by molar-refractivity contribution is -0.385. The van der Waals surface area contributed by atoms with Gasteiger partial charge in [0.15, 0.2) is 0 Å². The van der Waals surface area contributed by atoms with E-state index >= 15 is 0 Å². The van der Waals surface area contributed by atoms with Gasteiger partial charge in [0.25, 0.3) is 0 Å². The van der Waals surface area contributed by atoms with Gasteiger partial charge in [-0.25, -0.2) is 9.37 Å². The number of anilines is 2. The number of nitro groups is 1. The smallest absolute Gasteiger partial charge is 0.332 e. The molecular formula is C18H23FN6O2. The van der Waals surface area contributed by atoms with Crippen molar-refractivity contribution in [1.82, 2.24) is 9.97 Å². The van der Waals surface area contributed by atoms with Crippen molar-refractivity contribution in [2.75, 3.05) is 11.1 Å². The molecular weight excluding hydrogens is 351 g/mol. The Morgan fingerprint density at radius 3 is 2.67 bits per heavy atom. The molecule has 5 N–H and O–H groups in total. The van der Waals surface area contributed by atoms with Crippen LogP contribution in [-0.4, -0.2) is 20.9 Å². The summed E-state index contributed by atoms with van der Waals surface area (Å²) >= 11 is 0. The first-order valence-corrected chi connectivity index (χ1v) is 8.97. The van der Waals surface area contributed by atoms with Crippen molar-refractivity contribution < 1.29 is 9.31 Å². The van der Waals surface area contributed by atoms with Gasteiger partial charge in [-0.05, 0) is 55.7 Å². The van der Waals surface area contributed by atoms with E-state index in [0.717, 1.165) is 25.7 Å². The van der Waals surface area contributed by atoms with Crippen molar-refractivity contribution in [3.8, 4) is 0 Å². The number of nitrogens with zero attached hydrogens (tertiary/aromatic N) is 3.